The Hall–Kier alpha value is -1.93. The maximum absolute atomic E-state index is 8.73. The van der Waals surface area contributed by atoms with Gasteiger partial charge in [0, 0.05) is 0 Å². The molecule has 0 saturated carbocycles. The topological polar surface area (TPSA) is 74.2 Å². The molecule has 3 N–H and O–H groups in total. The second kappa shape index (κ2) is 5.08. The standard InChI is InChI=1S/C10H10N4S/c1-7-4-8(2-3-9(7)5-11)6-13-14-10(12)15/h2-4,6H,1H3,(H3,12,14,15). The van der Waals surface area contributed by atoms with E-state index in [4.69, 9.17) is 11.0 Å². The maximum Gasteiger partial charge on any atom is 0.184 e. The molecule has 0 aliphatic rings. The summed E-state index contributed by atoms with van der Waals surface area (Å²) in [5.41, 5.74) is 10.1. The Morgan fingerprint density at radius 2 is 2.40 bits per heavy atom. The van der Waals surface area contributed by atoms with Crippen LogP contribution >= 0.6 is 12.2 Å². The fourth-order valence-electron chi connectivity index (χ4n) is 1.06. The van der Waals surface area contributed by atoms with Crippen LogP contribution in [0.4, 0.5) is 0 Å². The lowest BCUT2D eigenvalue weighted by atomic mass is 10.1. The third kappa shape index (κ3) is 3.37. The molecule has 0 radical (unpaired) electrons. The van der Waals surface area contributed by atoms with Gasteiger partial charge in [-0.3, -0.25) is 5.43 Å². The molecule has 76 valence electrons. The average molecular weight is 218 g/mol. The summed E-state index contributed by atoms with van der Waals surface area (Å²) in [5, 5.41) is 12.7. The smallest absolute Gasteiger partial charge is 0.184 e. The molecule has 1 aromatic rings. The Bertz CT molecular complexity index is 445. The van der Waals surface area contributed by atoms with E-state index in [-0.39, 0.29) is 5.11 Å². The highest BCUT2D eigenvalue weighted by atomic mass is 32.1. The Kier molecular flexibility index (Phi) is 3.77. The summed E-state index contributed by atoms with van der Waals surface area (Å²) in [5.74, 6) is 0. The maximum atomic E-state index is 8.73. The van der Waals surface area contributed by atoms with Gasteiger partial charge in [0.2, 0.25) is 0 Å². The molecule has 4 nitrogen and oxygen atoms in total. The van der Waals surface area contributed by atoms with Crippen molar-refractivity contribution in [2.45, 2.75) is 6.92 Å². The van der Waals surface area contributed by atoms with Gasteiger partial charge in [0.25, 0.3) is 0 Å². The minimum atomic E-state index is 0.122. The fraction of sp³-hybridized carbons (Fsp3) is 0.100. The fourth-order valence-corrected chi connectivity index (χ4v) is 1.12. The molecular weight excluding hydrogens is 208 g/mol. The molecule has 0 unspecified atom stereocenters. The Balaban J connectivity index is 2.81. The van der Waals surface area contributed by atoms with Crippen LogP contribution in [0.5, 0.6) is 0 Å². The summed E-state index contributed by atoms with van der Waals surface area (Å²) >= 11 is 4.59. The zero-order valence-corrected chi connectivity index (χ0v) is 9.01. The first kappa shape index (κ1) is 11.1. The van der Waals surface area contributed by atoms with Crippen molar-refractivity contribution in [2.75, 3.05) is 0 Å². The van der Waals surface area contributed by atoms with Crippen LogP contribution < -0.4 is 11.2 Å². The molecule has 0 bridgehead atoms. The quantitative estimate of drug-likeness (QED) is 0.442. The molecule has 0 aliphatic heterocycles. The number of hydrogen-bond donors (Lipinski definition) is 2. The van der Waals surface area contributed by atoms with Gasteiger partial charge in [-0.15, -0.1) is 0 Å². The van der Waals surface area contributed by atoms with E-state index in [0.717, 1.165) is 11.1 Å². The molecule has 0 fully saturated rings. The van der Waals surface area contributed by atoms with Gasteiger partial charge < -0.3 is 5.73 Å². The molecular formula is C10H10N4S. The average Bonchev–Trinajstić information content (AvgIpc) is 2.17. The predicted octanol–water partition coefficient (Wildman–Crippen LogP) is 1.03. The van der Waals surface area contributed by atoms with Gasteiger partial charge in [0.1, 0.15) is 0 Å². The van der Waals surface area contributed by atoms with Crippen molar-refractivity contribution in [1.29, 1.82) is 5.26 Å². The van der Waals surface area contributed by atoms with Crippen molar-refractivity contribution in [1.82, 2.24) is 5.43 Å². The van der Waals surface area contributed by atoms with Crippen LogP contribution in [0.1, 0.15) is 16.7 Å². The van der Waals surface area contributed by atoms with Crippen LogP contribution in [-0.4, -0.2) is 11.3 Å². The SMILES string of the molecule is Cc1cc(C=NNC(N)=S)ccc1C#N. The molecule has 5 heteroatoms. The second-order valence-corrected chi connectivity index (χ2v) is 3.36. The minimum absolute atomic E-state index is 0.122. The number of hydrazone groups is 1. The number of nitriles is 1. The van der Waals surface area contributed by atoms with Gasteiger partial charge >= 0.3 is 0 Å². The summed E-state index contributed by atoms with van der Waals surface area (Å²) < 4.78 is 0. The van der Waals surface area contributed by atoms with Gasteiger partial charge in [-0.05, 0) is 42.4 Å². The first-order valence-electron chi connectivity index (χ1n) is 4.22. The van der Waals surface area contributed by atoms with E-state index >= 15 is 0 Å². The van der Waals surface area contributed by atoms with Gasteiger partial charge in [0.15, 0.2) is 5.11 Å². The number of nitrogens with zero attached hydrogens (tertiary/aromatic N) is 2. The van der Waals surface area contributed by atoms with Crippen molar-refractivity contribution in [3.63, 3.8) is 0 Å². The summed E-state index contributed by atoms with van der Waals surface area (Å²) in [4.78, 5) is 0. The number of nitrogens with one attached hydrogen (secondary N) is 1. The summed E-state index contributed by atoms with van der Waals surface area (Å²) in [6, 6.07) is 7.51. The van der Waals surface area contributed by atoms with E-state index < -0.39 is 0 Å². The summed E-state index contributed by atoms with van der Waals surface area (Å²) in [6.45, 7) is 1.87. The van der Waals surface area contributed by atoms with E-state index in [0.29, 0.717) is 5.56 Å². The van der Waals surface area contributed by atoms with Crippen molar-refractivity contribution in [3.05, 3.63) is 34.9 Å². The molecule has 0 atom stereocenters. The van der Waals surface area contributed by atoms with Crippen LogP contribution in [0, 0.1) is 18.3 Å². The monoisotopic (exact) mass is 218 g/mol. The molecule has 1 rings (SSSR count). The Labute approximate surface area is 93.4 Å². The zero-order valence-electron chi connectivity index (χ0n) is 8.19. The third-order valence-electron chi connectivity index (χ3n) is 1.76. The van der Waals surface area contributed by atoms with Crippen molar-refractivity contribution in [3.8, 4) is 6.07 Å². The first-order valence-corrected chi connectivity index (χ1v) is 4.63. The highest BCUT2D eigenvalue weighted by Crippen LogP contribution is 2.08. The molecule has 1 aromatic carbocycles. The van der Waals surface area contributed by atoms with Gasteiger partial charge in [0.05, 0.1) is 17.8 Å². The van der Waals surface area contributed by atoms with Crippen LogP contribution in [-0.2, 0) is 0 Å². The normalized spacial score (nSPS) is 9.87. The van der Waals surface area contributed by atoms with E-state index in [1.807, 2.05) is 13.0 Å². The first-order chi connectivity index (χ1) is 7.13. The Morgan fingerprint density at radius 1 is 1.67 bits per heavy atom. The third-order valence-corrected chi connectivity index (χ3v) is 1.85. The van der Waals surface area contributed by atoms with Crippen LogP contribution in [0.25, 0.3) is 0 Å². The molecule has 0 aliphatic carbocycles. The molecule has 0 spiro atoms. The highest BCUT2D eigenvalue weighted by Gasteiger charge is 1.96. The van der Waals surface area contributed by atoms with E-state index in [9.17, 15) is 0 Å². The van der Waals surface area contributed by atoms with Gasteiger partial charge in [-0.2, -0.15) is 10.4 Å². The number of thiocarbonyl (C=S) groups is 1. The number of nitrogens with two attached hydrogens (primary N) is 1. The minimum Gasteiger partial charge on any atom is -0.375 e. The second-order valence-electron chi connectivity index (χ2n) is 2.92. The van der Waals surface area contributed by atoms with E-state index in [2.05, 4.69) is 28.8 Å². The Morgan fingerprint density at radius 3 is 2.93 bits per heavy atom. The number of rotatable bonds is 2. The summed E-state index contributed by atoms with van der Waals surface area (Å²) in [7, 11) is 0. The van der Waals surface area contributed by atoms with Crippen molar-refractivity contribution < 1.29 is 0 Å². The molecule has 0 saturated heterocycles. The molecule has 0 amide bonds. The number of aryl methyl sites for hydroxylation is 1. The lowest BCUT2D eigenvalue weighted by molar-refractivity contribution is 1.04. The number of benzene rings is 1. The molecule has 15 heavy (non-hydrogen) atoms. The highest BCUT2D eigenvalue weighted by molar-refractivity contribution is 7.80. The number of hydrogen-bond acceptors (Lipinski definition) is 3. The van der Waals surface area contributed by atoms with Crippen LogP contribution in [0.3, 0.4) is 0 Å². The van der Waals surface area contributed by atoms with Crippen LogP contribution in [0.15, 0.2) is 23.3 Å². The van der Waals surface area contributed by atoms with E-state index in [1.54, 1.807) is 18.3 Å². The largest absolute Gasteiger partial charge is 0.375 e. The predicted molar refractivity (Wildman–Crippen MR) is 63.4 cm³/mol. The lowest BCUT2D eigenvalue weighted by Gasteiger charge is -1.98. The molecule has 0 aromatic heterocycles. The van der Waals surface area contributed by atoms with E-state index in [1.165, 1.54) is 0 Å². The lowest BCUT2D eigenvalue weighted by Crippen LogP contribution is -2.23. The van der Waals surface area contributed by atoms with Gasteiger partial charge in [-0.1, -0.05) is 6.07 Å². The van der Waals surface area contributed by atoms with Gasteiger partial charge in [-0.25, -0.2) is 0 Å². The zero-order chi connectivity index (χ0) is 11.3. The van der Waals surface area contributed by atoms with Crippen LogP contribution in [0.2, 0.25) is 0 Å². The van der Waals surface area contributed by atoms with Crippen molar-refractivity contribution >= 4 is 23.5 Å². The van der Waals surface area contributed by atoms with Crippen molar-refractivity contribution in [2.24, 2.45) is 10.8 Å². The molecule has 0 heterocycles. The summed E-state index contributed by atoms with van der Waals surface area (Å²) in [6.07, 6.45) is 1.59.